The first-order chi connectivity index (χ1) is 16.5. The van der Waals surface area contributed by atoms with Gasteiger partial charge < -0.3 is 10.6 Å². The maximum Gasteiger partial charge on any atom is 0.0332 e. The zero-order valence-electron chi connectivity index (χ0n) is 24.3. The molecule has 3 nitrogen and oxygen atoms in total. The van der Waals surface area contributed by atoms with Crippen LogP contribution in [0.1, 0.15) is 99.0 Å². The largest absolute Gasteiger partial charge is 0.399 e. The molecule has 3 heteroatoms. The number of hydrogen-bond acceptors (Lipinski definition) is 3. The molecular weight excluding hydrogens is 426 g/mol. The highest BCUT2D eigenvalue weighted by Crippen LogP contribution is 2.28. The molecule has 1 aromatic carbocycles. The molecule has 1 aliphatic heterocycles. The lowest BCUT2D eigenvalue weighted by atomic mass is 9.90. The lowest BCUT2D eigenvalue weighted by Gasteiger charge is -2.45. The van der Waals surface area contributed by atoms with Gasteiger partial charge in [0.25, 0.3) is 0 Å². The molecule has 0 saturated carbocycles. The second kappa shape index (κ2) is 14.2. The molecule has 0 aliphatic carbocycles. The van der Waals surface area contributed by atoms with Crippen LogP contribution in [0, 0.1) is 5.92 Å². The Morgan fingerprint density at radius 1 is 1.03 bits per heavy atom. The van der Waals surface area contributed by atoms with Gasteiger partial charge in [-0.15, -0.1) is 0 Å². The van der Waals surface area contributed by atoms with E-state index in [0.29, 0.717) is 12.0 Å². The van der Waals surface area contributed by atoms with Crippen LogP contribution in [0.4, 0.5) is 0 Å². The van der Waals surface area contributed by atoms with Gasteiger partial charge >= 0.3 is 0 Å². The summed E-state index contributed by atoms with van der Waals surface area (Å²) < 4.78 is 0. The van der Waals surface area contributed by atoms with E-state index in [4.69, 9.17) is 5.73 Å². The SMILES string of the molecule is CC(=C(\C)C(C)C)/C(N)=C(/C)CCCCCC(C)(C)N(C)C1CCN(CCc2ccccc2)CC1. The van der Waals surface area contributed by atoms with Crippen molar-refractivity contribution in [2.24, 2.45) is 11.7 Å². The normalized spacial score (nSPS) is 17.7. The highest BCUT2D eigenvalue weighted by atomic mass is 15.2. The summed E-state index contributed by atoms with van der Waals surface area (Å²) in [5.74, 6) is 0.557. The molecule has 198 valence electrons. The fourth-order valence-corrected chi connectivity index (χ4v) is 5.36. The zero-order valence-corrected chi connectivity index (χ0v) is 24.3. The number of piperidine rings is 1. The predicted molar refractivity (Wildman–Crippen MR) is 155 cm³/mol. The summed E-state index contributed by atoms with van der Waals surface area (Å²) in [5.41, 5.74) is 13.3. The molecule has 0 bridgehead atoms. The Balaban J connectivity index is 1.71. The molecule has 1 heterocycles. The van der Waals surface area contributed by atoms with Crippen LogP contribution in [-0.2, 0) is 6.42 Å². The Morgan fingerprint density at radius 2 is 1.66 bits per heavy atom. The van der Waals surface area contributed by atoms with Crippen molar-refractivity contribution < 1.29 is 0 Å². The molecule has 1 saturated heterocycles. The molecule has 35 heavy (non-hydrogen) atoms. The van der Waals surface area contributed by atoms with Gasteiger partial charge in [-0.1, -0.05) is 68.2 Å². The quantitative estimate of drug-likeness (QED) is 0.233. The van der Waals surface area contributed by atoms with Crippen LogP contribution in [0.2, 0.25) is 0 Å². The lowest BCUT2D eigenvalue weighted by molar-refractivity contribution is 0.0483. The summed E-state index contributed by atoms with van der Waals surface area (Å²) in [5, 5.41) is 0. The summed E-state index contributed by atoms with van der Waals surface area (Å²) in [7, 11) is 2.37. The number of nitrogens with two attached hydrogens (primary N) is 1. The third-order valence-corrected chi connectivity index (χ3v) is 8.78. The number of likely N-dealkylation sites (tertiary alicyclic amines) is 1. The summed E-state index contributed by atoms with van der Waals surface area (Å²) in [6, 6.07) is 11.6. The zero-order chi connectivity index (χ0) is 26.0. The average molecular weight is 482 g/mol. The minimum atomic E-state index is 0.258. The highest BCUT2D eigenvalue weighted by molar-refractivity contribution is 5.34. The minimum Gasteiger partial charge on any atom is -0.399 e. The van der Waals surface area contributed by atoms with E-state index in [2.05, 4.69) is 95.6 Å². The van der Waals surface area contributed by atoms with Crippen molar-refractivity contribution in [2.75, 3.05) is 26.7 Å². The van der Waals surface area contributed by atoms with Gasteiger partial charge in [0.1, 0.15) is 0 Å². The van der Waals surface area contributed by atoms with Crippen molar-refractivity contribution in [3.8, 4) is 0 Å². The van der Waals surface area contributed by atoms with Gasteiger partial charge in [-0.2, -0.15) is 0 Å². The fourth-order valence-electron chi connectivity index (χ4n) is 5.36. The van der Waals surface area contributed by atoms with Gasteiger partial charge in [-0.05, 0) is 110 Å². The molecule has 1 aliphatic rings. The number of nitrogens with zero attached hydrogens (tertiary/aromatic N) is 2. The van der Waals surface area contributed by atoms with E-state index >= 15 is 0 Å². The average Bonchev–Trinajstić information content (AvgIpc) is 2.86. The van der Waals surface area contributed by atoms with E-state index in [1.807, 2.05) is 0 Å². The van der Waals surface area contributed by atoms with Crippen molar-refractivity contribution >= 4 is 0 Å². The van der Waals surface area contributed by atoms with Crippen molar-refractivity contribution in [1.82, 2.24) is 9.80 Å². The van der Waals surface area contributed by atoms with Crippen LogP contribution in [-0.4, -0.2) is 48.1 Å². The molecule has 1 aromatic rings. The molecule has 2 N–H and O–H groups in total. The first-order valence-electron chi connectivity index (χ1n) is 14.1. The van der Waals surface area contributed by atoms with Crippen molar-refractivity contribution in [1.29, 1.82) is 0 Å². The number of allylic oxidation sites excluding steroid dienone is 3. The summed E-state index contributed by atoms with van der Waals surface area (Å²) in [6.45, 7) is 19.6. The molecule has 0 radical (unpaired) electrons. The van der Waals surface area contributed by atoms with Crippen LogP contribution in [0.25, 0.3) is 0 Å². The Labute approximate surface area is 217 Å². The van der Waals surface area contributed by atoms with E-state index < -0.39 is 0 Å². The standard InChI is InChI=1S/C32H55N3/c1-25(2)27(4)28(5)31(33)26(3)15-11-10-14-21-32(6,7)34(8)30-19-23-35(24-20-30)22-18-29-16-12-9-13-17-29/h9,12-13,16-17,25,30H,10-11,14-15,18-24,33H2,1-8H3/b28-27-,31-26+. The van der Waals surface area contributed by atoms with Crippen molar-refractivity contribution in [3.05, 3.63) is 58.3 Å². The first kappa shape index (κ1) is 29.6. The fraction of sp³-hybridized carbons (Fsp3) is 0.688. The van der Waals surface area contributed by atoms with Crippen molar-refractivity contribution in [2.45, 2.75) is 111 Å². The first-order valence-corrected chi connectivity index (χ1v) is 14.1. The number of unbranched alkanes of at least 4 members (excludes halogenated alkanes) is 2. The Morgan fingerprint density at radius 3 is 2.26 bits per heavy atom. The predicted octanol–water partition coefficient (Wildman–Crippen LogP) is 7.58. The van der Waals surface area contributed by atoms with Gasteiger partial charge in [0.15, 0.2) is 0 Å². The monoisotopic (exact) mass is 481 g/mol. The topological polar surface area (TPSA) is 32.5 Å². The second-order valence-corrected chi connectivity index (χ2v) is 11.9. The minimum absolute atomic E-state index is 0.258. The van der Waals surface area contributed by atoms with Crippen LogP contribution in [0.15, 0.2) is 52.7 Å². The van der Waals surface area contributed by atoms with Crippen LogP contribution in [0.3, 0.4) is 0 Å². The van der Waals surface area contributed by atoms with Crippen LogP contribution < -0.4 is 5.73 Å². The smallest absolute Gasteiger partial charge is 0.0332 e. The Kier molecular flexibility index (Phi) is 12.1. The molecule has 1 fully saturated rings. The van der Waals surface area contributed by atoms with Gasteiger partial charge in [0, 0.05) is 23.8 Å². The molecule has 2 rings (SSSR count). The molecule has 0 unspecified atom stereocenters. The number of hydrogen-bond donors (Lipinski definition) is 1. The third kappa shape index (κ3) is 9.42. The van der Waals surface area contributed by atoms with E-state index in [-0.39, 0.29) is 5.54 Å². The lowest BCUT2D eigenvalue weighted by Crippen LogP contribution is -2.51. The number of benzene rings is 1. The molecular formula is C32H55N3. The van der Waals surface area contributed by atoms with E-state index in [1.165, 1.54) is 86.9 Å². The number of rotatable bonds is 13. The highest BCUT2D eigenvalue weighted by Gasteiger charge is 2.31. The Hall–Kier alpha value is -1.58. The molecule has 0 amide bonds. The van der Waals surface area contributed by atoms with E-state index in [1.54, 1.807) is 0 Å². The summed E-state index contributed by atoms with van der Waals surface area (Å²) in [6.07, 6.45) is 9.95. The summed E-state index contributed by atoms with van der Waals surface area (Å²) in [4.78, 5) is 5.35. The van der Waals surface area contributed by atoms with Gasteiger partial charge in [-0.25, -0.2) is 0 Å². The van der Waals surface area contributed by atoms with Gasteiger partial charge in [-0.3, -0.25) is 4.90 Å². The maximum atomic E-state index is 6.48. The van der Waals surface area contributed by atoms with Crippen LogP contribution >= 0.6 is 0 Å². The molecule has 0 spiro atoms. The van der Waals surface area contributed by atoms with E-state index in [0.717, 1.165) is 12.1 Å². The van der Waals surface area contributed by atoms with Crippen molar-refractivity contribution in [3.63, 3.8) is 0 Å². The second-order valence-electron chi connectivity index (χ2n) is 11.9. The maximum absolute atomic E-state index is 6.48. The van der Waals surface area contributed by atoms with Crippen LogP contribution in [0.5, 0.6) is 0 Å². The van der Waals surface area contributed by atoms with Gasteiger partial charge in [0.05, 0.1) is 0 Å². The molecule has 0 atom stereocenters. The molecule has 0 aromatic heterocycles. The Bertz CT molecular complexity index is 810. The van der Waals surface area contributed by atoms with Gasteiger partial charge in [0.2, 0.25) is 0 Å². The third-order valence-electron chi connectivity index (χ3n) is 8.78. The van der Waals surface area contributed by atoms with E-state index in [9.17, 15) is 0 Å². The summed E-state index contributed by atoms with van der Waals surface area (Å²) >= 11 is 0.